The van der Waals surface area contributed by atoms with Crippen molar-refractivity contribution in [2.24, 2.45) is 5.92 Å². The Bertz CT molecular complexity index is 997. The number of fused-ring (bicyclic) bond motifs is 1. The predicted molar refractivity (Wildman–Crippen MR) is 112 cm³/mol. The van der Waals surface area contributed by atoms with Gasteiger partial charge in [-0.25, -0.2) is 4.98 Å². The highest BCUT2D eigenvalue weighted by Crippen LogP contribution is 2.22. The number of piperazine rings is 1. The number of nitrogens with zero attached hydrogens (tertiary/aromatic N) is 4. The molecule has 0 saturated carbocycles. The standard InChI is InChI=1S/C21H27N5O4/c1-30-11-10-26-14-23-18-13-16(2-3-17(18)21(26)29)24-6-8-25(9-7-24)20(28)15-4-5-22-19(27)12-15/h2-3,13-15H,4-12H2,1H3,(H,22,27). The van der Waals surface area contributed by atoms with Crippen molar-refractivity contribution in [3.8, 4) is 0 Å². The van der Waals surface area contributed by atoms with Crippen LogP contribution in [0.3, 0.4) is 0 Å². The fourth-order valence-electron chi connectivity index (χ4n) is 4.13. The average Bonchev–Trinajstić information content (AvgIpc) is 2.78. The molecule has 1 aromatic carbocycles. The number of ether oxygens (including phenoxy) is 1. The lowest BCUT2D eigenvalue weighted by Gasteiger charge is -2.38. The third-order valence-corrected chi connectivity index (χ3v) is 5.90. The number of rotatable bonds is 5. The second-order valence-electron chi connectivity index (χ2n) is 7.79. The van der Waals surface area contributed by atoms with Crippen LogP contribution >= 0.6 is 0 Å². The van der Waals surface area contributed by atoms with Crippen molar-refractivity contribution < 1.29 is 14.3 Å². The fourth-order valence-corrected chi connectivity index (χ4v) is 4.13. The number of hydrogen-bond donors (Lipinski definition) is 1. The van der Waals surface area contributed by atoms with Gasteiger partial charge in [-0.15, -0.1) is 0 Å². The lowest BCUT2D eigenvalue weighted by Crippen LogP contribution is -2.52. The minimum absolute atomic E-state index is 0.0387. The Morgan fingerprint density at radius 1 is 1.23 bits per heavy atom. The van der Waals surface area contributed by atoms with E-state index in [0.29, 0.717) is 63.2 Å². The number of carbonyl (C=O) groups excluding carboxylic acids is 2. The van der Waals surface area contributed by atoms with Crippen molar-refractivity contribution in [1.82, 2.24) is 19.8 Å². The fraction of sp³-hybridized carbons (Fsp3) is 0.524. The molecule has 0 aliphatic carbocycles. The number of hydrogen-bond acceptors (Lipinski definition) is 6. The van der Waals surface area contributed by atoms with E-state index < -0.39 is 0 Å². The molecule has 2 saturated heterocycles. The van der Waals surface area contributed by atoms with Gasteiger partial charge in [-0.1, -0.05) is 0 Å². The van der Waals surface area contributed by atoms with E-state index in [4.69, 9.17) is 4.74 Å². The number of benzene rings is 1. The smallest absolute Gasteiger partial charge is 0.261 e. The zero-order chi connectivity index (χ0) is 21.1. The molecule has 2 aliphatic rings. The van der Waals surface area contributed by atoms with Gasteiger partial charge in [-0.2, -0.15) is 0 Å². The van der Waals surface area contributed by atoms with Gasteiger partial charge in [0, 0.05) is 57.9 Å². The molecule has 0 radical (unpaired) electrons. The van der Waals surface area contributed by atoms with Gasteiger partial charge < -0.3 is 19.9 Å². The van der Waals surface area contributed by atoms with Crippen molar-refractivity contribution in [2.45, 2.75) is 19.4 Å². The van der Waals surface area contributed by atoms with Gasteiger partial charge in [0.25, 0.3) is 5.56 Å². The highest BCUT2D eigenvalue weighted by Gasteiger charge is 2.31. The molecule has 1 aromatic heterocycles. The lowest BCUT2D eigenvalue weighted by atomic mass is 9.95. The predicted octanol–water partition coefficient (Wildman–Crippen LogP) is 0.218. The normalized spacial score (nSPS) is 19.8. The monoisotopic (exact) mass is 413 g/mol. The van der Waals surface area contributed by atoms with E-state index in [1.165, 1.54) is 0 Å². The maximum absolute atomic E-state index is 12.7. The summed E-state index contributed by atoms with van der Waals surface area (Å²) in [5, 5.41) is 3.36. The van der Waals surface area contributed by atoms with Crippen molar-refractivity contribution in [3.63, 3.8) is 0 Å². The van der Waals surface area contributed by atoms with Crippen LogP contribution in [0.15, 0.2) is 29.3 Å². The highest BCUT2D eigenvalue weighted by atomic mass is 16.5. The van der Waals surface area contributed by atoms with Crippen LogP contribution in [0.1, 0.15) is 12.8 Å². The lowest BCUT2D eigenvalue weighted by molar-refractivity contribution is -0.140. The first kappa shape index (κ1) is 20.3. The summed E-state index contributed by atoms with van der Waals surface area (Å²) < 4.78 is 6.60. The molecule has 2 amide bonds. The molecule has 30 heavy (non-hydrogen) atoms. The summed E-state index contributed by atoms with van der Waals surface area (Å²) in [4.78, 5) is 45.4. The van der Waals surface area contributed by atoms with Crippen molar-refractivity contribution >= 4 is 28.4 Å². The van der Waals surface area contributed by atoms with Gasteiger partial charge in [0.1, 0.15) is 0 Å². The minimum atomic E-state index is -0.199. The molecule has 160 valence electrons. The second-order valence-corrected chi connectivity index (χ2v) is 7.79. The molecule has 1 unspecified atom stereocenters. The summed E-state index contributed by atoms with van der Waals surface area (Å²) in [6.45, 7) is 4.18. The quantitative estimate of drug-likeness (QED) is 0.753. The molecule has 1 N–H and O–H groups in total. The second kappa shape index (κ2) is 8.83. The van der Waals surface area contributed by atoms with Crippen LogP contribution in [0.25, 0.3) is 10.9 Å². The van der Waals surface area contributed by atoms with Crippen molar-refractivity contribution in [3.05, 3.63) is 34.9 Å². The minimum Gasteiger partial charge on any atom is -0.383 e. The molecular formula is C21H27N5O4. The first-order valence-electron chi connectivity index (χ1n) is 10.4. The third kappa shape index (κ3) is 4.16. The van der Waals surface area contributed by atoms with Crippen LogP contribution in [-0.2, 0) is 20.9 Å². The van der Waals surface area contributed by atoms with Gasteiger partial charge >= 0.3 is 0 Å². The molecule has 2 fully saturated rings. The summed E-state index contributed by atoms with van der Waals surface area (Å²) in [5.41, 5.74) is 1.58. The maximum Gasteiger partial charge on any atom is 0.261 e. The maximum atomic E-state index is 12.7. The van der Waals surface area contributed by atoms with Gasteiger partial charge in [0.05, 0.1) is 30.4 Å². The Labute approximate surface area is 174 Å². The van der Waals surface area contributed by atoms with Gasteiger partial charge in [-0.05, 0) is 24.6 Å². The molecule has 0 spiro atoms. The SMILES string of the molecule is COCCn1cnc2cc(N3CCN(C(=O)C4CCNC(=O)C4)CC3)ccc2c1=O. The van der Waals surface area contributed by atoms with Gasteiger partial charge in [0.2, 0.25) is 11.8 Å². The largest absolute Gasteiger partial charge is 0.383 e. The third-order valence-electron chi connectivity index (χ3n) is 5.90. The Hall–Kier alpha value is -2.94. The average molecular weight is 413 g/mol. The number of aromatic nitrogens is 2. The number of anilines is 1. The summed E-state index contributed by atoms with van der Waals surface area (Å²) in [5.74, 6) is -0.153. The molecule has 2 aliphatic heterocycles. The van der Waals surface area contributed by atoms with E-state index in [9.17, 15) is 14.4 Å². The first-order valence-corrected chi connectivity index (χ1v) is 10.4. The summed E-state index contributed by atoms with van der Waals surface area (Å²) in [7, 11) is 1.60. The van der Waals surface area contributed by atoms with Gasteiger partial charge in [-0.3, -0.25) is 19.0 Å². The van der Waals surface area contributed by atoms with E-state index >= 15 is 0 Å². The highest BCUT2D eigenvalue weighted by molar-refractivity contribution is 5.87. The molecule has 0 bridgehead atoms. The van der Waals surface area contributed by atoms with Crippen LogP contribution in [0.5, 0.6) is 0 Å². The van der Waals surface area contributed by atoms with Crippen LogP contribution in [0.4, 0.5) is 5.69 Å². The van der Waals surface area contributed by atoms with E-state index in [1.54, 1.807) is 18.0 Å². The Balaban J connectivity index is 1.42. The first-order chi connectivity index (χ1) is 14.6. The number of methoxy groups -OCH3 is 1. The van der Waals surface area contributed by atoms with Crippen LogP contribution in [-0.4, -0.2) is 72.7 Å². The number of amides is 2. The zero-order valence-corrected chi connectivity index (χ0v) is 17.2. The Kier molecular flexibility index (Phi) is 5.98. The number of piperidine rings is 1. The van der Waals surface area contributed by atoms with E-state index in [1.807, 2.05) is 23.1 Å². The molecule has 9 heteroatoms. The van der Waals surface area contributed by atoms with Crippen LogP contribution in [0, 0.1) is 5.92 Å². The molecule has 9 nitrogen and oxygen atoms in total. The molecular weight excluding hydrogens is 386 g/mol. The van der Waals surface area contributed by atoms with Gasteiger partial charge in [0.15, 0.2) is 0 Å². The topological polar surface area (TPSA) is 96.8 Å². The summed E-state index contributed by atoms with van der Waals surface area (Å²) in [6, 6.07) is 5.69. The van der Waals surface area contributed by atoms with E-state index in [2.05, 4.69) is 15.2 Å². The Morgan fingerprint density at radius 3 is 2.77 bits per heavy atom. The van der Waals surface area contributed by atoms with Crippen LogP contribution in [0.2, 0.25) is 0 Å². The summed E-state index contributed by atoms with van der Waals surface area (Å²) in [6.07, 6.45) is 2.56. The number of carbonyl (C=O) groups is 2. The Morgan fingerprint density at radius 2 is 2.03 bits per heavy atom. The number of nitrogens with one attached hydrogen (secondary N) is 1. The molecule has 2 aromatic rings. The van der Waals surface area contributed by atoms with E-state index in [0.717, 1.165) is 5.69 Å². The van der Waals surface area contributed by atoms with Crippen molar-refractivity contribution in [2.75, 3.05) is 51.3 Å². The summed E-state index contributed by atoms with van der Waals surface area (Å²) >= 11 is 0. The molecule has 4 rings (SSSR count). The molecule has 1 atom stereocenters. The van der Waals surface area contributed by atoms with Crippen LogP contribution < -0.4 is 15.8 Å². The molecule has 3 heterocycles. The van der Waals surface area contributed by atoms with Crippen molar-refractivity contribution in [1.29, 1.82) is 0 Å². The van der Waals surface area contributed by atoms with E-state index in [-0.39, 0.29) is 29.7 Å². The zero-order valence-electron chi connectivity index (χ0n) is 17.2.